The fraction of sp³-hybridized carbons (Fsp3) is 0.412. The first-order valence-electron chi connectivity index (χ1n) is 7.59. The molecule has 1 saturated heterocycles. The Balaban J connectivity index is 1.94. The second kappa shape index (κ2) is 6.58. The predicted molar refractivity (Wildman–Crippen MR) is 89.4 cm³/mol. The first-order chi connectivity index (χ1) is 11.1. The van der Waals surface area contributed by atoms with Gasteiger partial charge in [-0.1, -0.05) is 0 Å². The number of aryl methyl sites for hydroxylation is 1. The fourth-order valence-corrected chi connectivity index (χ4v) is 3.63. The summed E-state index contributed by atoms with van der Waals surface area (Å²) >= 11 is 1.50. The second-order valence-corrected chi connectivity index (χ2v) is 6.58. The van der Waals surface area contributed by atoms with Crippen LogP contribution in [-0.4, -0.2) is 36.6 Å². The standard InChI is InChI=1S/C17H20N2O3S/c1-11-18-14(10-23-11)17(20)19-8-4-5-15(19)13-9-12(21-2)6-7-16(13)22-3/h6-7,9-10,15H,4-5,8H2,1-3H3. The second-order valence-electron chi connectivity index (χ2n) is 5.52. The van der Waals surface area contributed by atoms with Gasteiger partial charge in [-0.25, -0.2) is 4.98 Å². The van der Waals surface area contributed by atoms with Crippen molar-refractivity contribution in [1.29, 1.82) is 0 Å². The van der Waals surface area contributed by atoms with Crippen LogP contribution in [0.25, 0.3) is 0 Å². The van der Waals surface area contributed by atoms with Gasteiger partial charge in [0.15, 0.2) is 0 Å². The van der Waals surface area contributed by atoms with Gasteiger partial charge < -0.3 is 14.4 Å². The van der Waals surface area contributed by atoms with Crippen molar-refractivity contribution in [2.45, 2.75) is 25.8 Å². The Kier molecular flexibility index (Phi) is 4.52. The van der Waals surface area contributed by atoms with Crippen molar-refractivity contribution in [3.63, 3.8) is 0 Å². The minimum Gasteiger partial charge on any atom is -0.497 e. The van der Waals surface area contributed by atoms with E-state index in [-0.39, 0.29) is 11.9 Å². The lowest BCUT2D eigenvalue weighted by Gasteiger charge is -2.26. The zero-order chi connectivity index (χ0) is 16.4. The molecule has 1 aliphatic heterocycles. The Morgan fingerprint density at radius 3 is 2.83 bits per heavy atom. The summed E-state index contributed by atoms with van der Waals surface area (Å²) in [6.07, 6.45) is 1.89. The molecule has 2 aromatic rings. The van der Waals surface area contributed by atoms with Crippen molar-refractivity contribution < 1.29 is 14.3 Å². The van der Waals surface area contributed by atoms with E-state index in [2.05, 4.69) is 4.98 Å². The summed E-state index contributed by atoms with van der Waals surface area (Å²) < 4.78 is 10.8. The Hall–Kier alpha value is -2.08. The number of rotatable bonds is 4. The highest BCUT2D eigenvalue weighted by molar-refractivity contribution is 7.09. The Morgan fingerprint density at radius 2 is 2.17 bits per heavy atom. The van der Waals surface area contributed by atoms with E-state index in [1.165, 1.54) is 11.3 Å². The van der Waals surface area contributed by atoms with Crippen molar-refractivity contribution in [3.8, 4) is 11.5 Å². The zero-order valence-electron chi connectivity index (χ0n) is 13.5. The van der Waals surface area contributed by atoms with E-state index in [1.807, 2.05) is 35.4 Å². The normalized spacial score (nSPS) is 17.3. The van der Waals surface area contributed by atoms with E-state index < -0.39 is 0 Å². The summed E-state index contributed by atoms with van der Waals surface area (Å²) in [6.45, 7) is 2.65. The maximum Gasteiger partial charge on any atom is 0.273 e. The fourth-order valence-electron chi connectivity index (χ4n) is 3.04. The summed E-state index contributed by atoms with van der Waals surface area (Å²) in [5.74, 6) is 1.54. The predicted octanol–water partition coefficient (Wildman–Crippen LogP) is 3.45. The number of hydrogen-bond donors (Lipinski definition) is 0. The molecule has 1 aromatic heterocycles. The van der Waals surface area contributed by atoms with Crippen LogP contribution < -0.4 is 9.47 Å². The minimum absolute atomic E-state index is 0.00504. The van der Waals surface area contributed by atoms with Gasteiger partial charge in [0, 0.05) is 17.5 Å². The van der Waals surface area contributed by atoms with E-state index in [1.54, 1.807) is 14.2 Å². The van der Waals surface area contributed by atoms with Gasteiger partial charge in [-0.05, 0) is 38.0 Å². The number of likely N-dealkylation sites (tertiary alicyclic amines) is 1. The van der Waals surface area contributed by atoms with E-state index in [9.17, 15) is 4.79 Å². The molecule has 0 radical (unpaired) electrons. The Bertz CT molecular complexity index is 714. The van der Waals surface area contributed by atoms with Crippen LogP contribution in [0.2, 0.25) is 0 Å². The van der Waals surface area contributed by atoms with Gasteiger partial charge in [0.25, 0.3) is 5.91 Å². The Morgan fingerprint density at radius 1 is 1.35 bits per heavy atom. The molecule has 5 nitrogen and oxygen atoms in total. The number of methoxy groups -OCH3 is 2. The molecule has 1 aromatic carbocycles. The highest BCUT2D eigenvalue weighted by atomic mass is 32.1. The van der Waals surface area contributed by atoms with Crippen LogP contribution >= 0.6 is 11.3 Å². The molecule has 1 aliphatic rings. The molecule has 122 valence electrons. The highest BCUT2D eigenvalue weighted by Gasteiger charge is 2.33. The van der Waals surface area contributed by atoms with E-state index in [4.69, 9.17) is 9.47 Å². The lowest BCUT2D eigenvalue weighted by Crippen LogP contribution is -2.31. The van der Waals surface area contributed by atoms with Crippen LogP contribution in [0.5, 0.6) is 11.5 Å². The molecule has 2 heterocycles. The van der Waals surface area contributed by atoms with Gasteiger partial charge in [-0.2, -0.15) is 0 Å². The number of thiazole rings is 1. The van der Waals surface area contributed by atoms with Gasteiger partial charge in [-0.15, -0.1) is 11.3 Å². The van der Waals surface area contributed by atoms with Crippen molar-refractivity contribution in [3.05, 3.63) is 39.8 Å². The molecular weight excluding hydrogens is 312 g/mol. The van der Waals surface area contributed by atoms with Gasteiger partial charge in [0.1, 0.15) is 17.2 Å². The largest absolute Gasteiger partial charge is 0.497 e. The topological polar surface area (TPSA) is 51.7 Å². The van der Waals surface area contributed by atoms with Crippen molar-refractivity contribution in [2.75, 3.05) is 20.8 Å². The lowest BCUT2D eigenvalue weighted by atomic mass is 10.0. The van der Waals surface area contributed by atoms with E-state index >= 15 is 0 Å². The van der Waals surface area contributed by atoms with Crippen LogP contribution in [0, 0.1) is 6.92 Å². The maximum absolute atomic E-state index is 12.8. The molecule has 0 aliphatic carbocycles. The molecule has 6 heteroatoms. The van der Waals surface area contributed by atoms with Crippen LogP contribution in [0.4, 0.5) is 0 Å². The van der Waals surface area contributed by atoms with Gasteiger partial charge >= 0.3 is 0 Å². The van der Waals surface area contributed by atoms with Crippen molar-refractivity contribution in [1.82, 2.24) is 9.88 Å². The molecule has 0 bridgehead atoms. The number of hydrogen-bond acceptors (Lipinski definition) is 5. The quantitative estimate of drug-likeness (QED) is 0.860. The molecule has 0 spiro atoms. The summed E-state index contributed by atoms with van der Waals surface area (Å²) in [4.78, 5) is 19.0. The molecule has 1 amide bonds. The van der Waals surface area contributed by atoms with Gasteiger partial charge in [-0.3, -0.25) is 4.79 Å². The number of carbonyl (C=O) groups excluding carboxylic acids is 1. The molecule has 1 atom stereocenters. The summed E-state index contributed by atoms with van der Waals surface area (Å²) in [5, 5.41) is 2.73. The third kappa shape index (κ3) is 3.03. The molecule has 1 unspecified atom stereocenters. The number of nitrogens with zero attached hydrogens (tertiary/aromatic N) is 2. The molecule has 23 heavy (non-hydrogen) atoms. The smallest absolute Gasteiger partial charge is 0.273 e. The SMILES string of the molecule is COc1ccc(OC)c(C2CCCN2C(=O)c2csc(C)n2)c1. The molecule has 0 N–H and O–H groups in total. The monoisotopic (exact) mass is 332 g/mol. The van der Waals surface area contributed by atoms with Gasteiger partial charge in [0.05, 0.1) is 25.3 Å². The highest BCUT2D eigenvalue weighted by Crippen LogP contribution is 2.39. The van der Waals surface area contributed by atoms with Crippen molar-refractivity contribution in [2.24, 2.45) is 0 Å². The minimum atomic E-state index is -0.0123. The number of carbonyl (C=O) groups is 1. The average Bonchev–Trinajstić information content (AvgIpc) is 3.22. The van der Waals surface area contributed by atoms with Crippen LogP contribution in [-0.2, 0) is 0 Å². The van der Waals surface area contributed by atoms with E-state index in [0.29, 0.717) is 5.69 Å². The zero-order valence-corrected chi connectivity index (χ0v) is 14.4. The molecular formula is C17H20N2O3S. The van der Waals surface area contributed by atoms with Gasteiger partial charge in [0.2, 0.25) is 0 Å². The average molecular weight is 332 g/mol. The first kappa shape index (κ1) is 15.8. The molecule has 3 rings (SSSR count). The van der Waals surface area contributed by atoms with Crippen LogP contribution in [0.15, 0.2) is 23.6 Å². The number of aromatic nitrogens is 1. The lowest BCUT2D eigenvalue weighted by molar-refractivity contribution is 0.0728. The maximum atomic E-state index is 12.8. The number of amides is 1. The summed E-state index contributed by atoms with van der Waals surface area (Å²) in [5.41, 5.74) is 1.52. The Labute approximate surface area is 139 Å². The number of ether oxygens (including phenoxy) is 2. The van der Waals surface area contributed by atoms with Crippen LogP contribution in [0.1, 0.15) is 39.9 Å². The van der Waals surface area contributed by atoms with Crippen LogP contribution in [0.3, 0.4) is 0 Å². The third-order valence-electron chi connectivity index (χ3n) is 4.15. The summed E-state index contributed by atoms with van der Waals surface area (Å²) in [7, 11) is 3.29. The summed E-state index contributed by atoms with van der Waals surface area (Å²) in [6, 6.07) is 5.71. The number of benzene rings is 1. The van der Waals surface area contributed by atoms with Crippen molar-refractivity contribution >= 4 is 17.2 Å². The van der Waals surface area contributed by atoms with E-state index in [0.717, 1.165) is 41.5 Å². The third-order valence-corrected chi connectivity index (χ3v) is 4.92. The first-order valence-corrected chi connectivity index (χ1v) is 8.47. The molecule has 1 fully saturated rings. The molecule has 0 saturated carbocycles.